The predicted molar refractivity (Wildman–Crippen MR) is 72.6 cm³/mol. The summed E-state index contributed by atoms with van der Waals surface area (Å²) in [5.74, 6) is 0.222. The van der Waals surface area contributed by atoms with Gasteiger partial charge in [-0.2, -0.15) is 0 Å². The first-order chi connectivity index (χ1) is 9.24. The highest BCUT2D eigenvalue weighted by Gasteiger charge is 2.36. The second kappa shape index (κ2) is 5.31. The van der Waals surface area contributed by atoms with Gasteiger partial charge in [-0.15, -0.1) is 0 Å². The zero-order valence-corrected chi connectivity index (χ0v) is 11.3. The molecule has 0 radical (unpaired) electrons. The lowest BCUT2D eigenvalue weighted by Crippen LogP contribution is -2.42. The Morgan fingerprint density at radius 2 is 2.00 bits per heavy atom. The molecule has 3 rings (SSSR count). The Labute approximate surface area is 113 Å². The van der Waals surface area contributed by atoms with Crippen LogP contribution in [0.25, 0.3) is 0 Å². The molecule has 0 spiro atoms. The molecule has 2 aliphatic rings. The average Bonchev–Trinajstić information content (AvgIpc) is 2.58. The summed E-state index contributed by atoms with van der Waals surface area (Å²) in [7, 11) is 1.90. The van der Waals surface area contributed by atoms with E-state index in [9.17, 15) is 4.79 Å². The third-order valence-corrected chi connectivity index (χ3v) is 4.07. The van der Waals surface area contributed by atoms with E-state index in [0.29, 0.717) is 13.2 Å². The van der Waals surface area contributed by atoms with Crippen molar-refractivity contribution in [1.82, 2.24) is 9.80 Å². The minimum absolute atomic E-state index is 0.0128. The van der Waals surface area contributed by atoms with Gasteiger partial charge in [0, 0.05) is 26.7 Å². The molecular formula is C15H20N2O2. The van der Waals surface area contributed by atoms with Crippen LogP contribution in [0.2, 0.25) is 0 Å². The summed E-state index contributed by atoms with van der Waals surface area (Å²) in [5.41, 5.74) is 1.30. The van der Waals surface area contributed by atoms with Gasteiger partial charge in [-0.3, -0.25) is 9.69 Å². The summed E-state index contributed by atoms with van der Waals surface area (Å²) in [6, 6.07) is 10.6. The van der Waals surface area contributed by atoms with Gasteiger partial charge in [0.25, 0.3) is 0 Å². The molecular weight excluding hydrogens is 240 g/mol. The van der Waals surface area contributed by atoms with E-state index in [-0.39, 0.29) is 17.9 Å². The Balaban J connectivity index is 1.76. The summed E-state index contributed by atoms with van der Waals surface area (Å²) >= 11 is 0. The quantitative estimate of drug-likeness (QED) is 0.794. The summed E-state index contributed by atoms with van der Waals surface area (Å²) in [4.78, 5) is 16.5. The van der Waals surface area contributed by atoms with Gasteiger partial charge >= 0.3 is 0 Å². The number of benzene rings is 1. The minimum atomic E-state index is -0.0128. The van der Waals surface area contributed by atoms with Crippen LogP contribution in [0.3, 0.4) is 0 Å². The molecule has 1 aromatic carbocycles. The SMILES string of the molecule is CN1C(=O)[C@H]2COC[C@@H]1CN(Cc1ccccc1)C2. The molecule has 2 heterocycles. The Morgan fingerprint density at radius 3 is 2.79 bits per heavy atom. The van der Waals surface area contributed by atoms with Crippen LogP contribution in [-0.4, -0.2) is 55.1 Å². The van der Waals surface area contributed by atoms with Crippen molar-refractivity contribution in [2.45, 2.75) is 12.6 Å². The van der Waals surface area contributed by atoms with E-state index in [1.54, 1.807) is 0 Å². The molecule has 0 saturated carbocycles. The number of likely N-dealkylation sites (N-methyl/N-ethyl adjacent to an activating group) is 1. The maximum absolute atomic E-state index is 12.2. The molecule has 0 N–H and O–H groups in total. The number of hydrogen-bond donors (Lipinski definition) is 0. The van der Waals surface area contributed by atoms with Crippen LogP contribution in [0.15, 0.2) is 30.3 Å². The van der Waals surface area contributed by atoms with Crippen LogP contribution in [0.5, 0.6) is 0 Å². The van der Waals surface area contributed by atoms with E-state index in [1.165, 1.54) is 5.56 Å². The van der Waals surface area contributed by atoms with Gasteiger partial charge in [0.2, 0.25) is 5.91 Å². The largest absolute Gasteiger partial charge is 0.378 e. The molecule has 19 heavy (non-hydrogen) atoms. The first-order valence-corrected chi connectivity index (χ1v) is 6.85. The lowest BCUT2D eigenvalue weighted by Gasteiger charge is -2.29. The number of amides is 1. The summed E-state index contributed by atoms with van der Waals surface area (Å²) < 4.78 is 5.61. The highest BCUT2D eigenvalue weighted by atomic mass is 16.5. The zero-order valence-electron chi connectivity index (χ0n) is 11.3. The van der Waals surface area contributed by atoms with Crippen LogP contribution < -0.4 is 0 Å². The first-order valence-electron chi connectivity index (χ1n) is 6.85. The smallest absolute Gasteiger partial charge is 0.229 e. The van der Waals surface area contributed by atoms with Crippen molar-refractivity contribution in [3.05, 3.63) is 35.9 Å². The van der Waals surface area contributed by atoms with Gasteiger partial charge < -0.3 is 9.64 Å². The molecule has 102 valence electrons. The topological polar surface area (TPSA) is 32.8 Å². The molecule has 0 aliphatic carbocycles. The van der Waals surface area contributed by atoms with E-state index in [4.69, 9.17) is 4.74 Å². The van der Waals surface area contributed by atoms with Crippen LogP contribution in [0, 0.1) is 5.92 Å². The summed E-state index contributed by atoms with van der Waals surface area (Å²) in [6.07, 6.45) is 0. The zero-order chi connectivity index (χ0) is 13.2. The molecule has 0 aromatic heterocycles. The molecule has 0 unspecified atom stereocenters. The van der Waals surface area contributed by atoms with Gasteiger partial charge in [0.1, 0.15) is 0 Å². The first kappa shape index (κ1) is 12.6. The summed E-state index contributed by atoms with van der Waals surface area (Å²) in [5, 5.41) is 0. The van der Waals surface area contributed by atoms with Crippen molar-refractivity contribution in [1.29, 1.82) is 0 Å². The lowest BCUT2D eigenvalue weighted by molar-refractivity contribution is -0.133. The number of nitrogens with zero attached hydrogens (tertiary/aromatic N) is 2. The van der Waals surface area contributed by atoms with Crippen molar-refractivity contribution >= 4 is 5.91 Å². The third kappa shape index (κ3) is 2.65. The van der Waals surface area contributed by atoms with Crippen molar-refractivity contribution in [2.24, 2.45) is 5.92 Å². The van der Waals surface area contributed by atoms with Crippen LogP contribution in [0.1, 0.15) is 5.56 Å². The van der Waals surface area contributed by atoms with Gasteiger partial charge in [-0.1, -0.05) is 30.3 Å². The Morgan fingerprint density at radius 1 is 1.21 bits per heavy atom. The van der Waals surface area contributed by atoms with E-state index >= 15 is 0 Å². The van der Waals surface area contributed by atoms with Crippen molar-refractivity contribution in [3.8, 4) is 0 Å². The number of fused-ring (bicyclic) bond motifs is 3. The minimum Gasteiger partial charge on any atom is -0.378 e. The van der Waals surface area contributed by atoms with Crippen LogP contribution >= 0.6 is 0 Å². The standard InChI is InChI=1S/C15H20N2O2/c1-16-14-9-17(7-12-5-3-2-4-6-12)8-13(15(16)18)10-19-11-14/h2-6,13-14H,7-11H2,1H3/t13-,14+/m1/s1. The predicted octanol–water partition coefficient (Wildman–Crippen LogP) is 0.976. The monoisotopic (exact) mass is 260 g/mol. The van der Waals surface area contributed by atoms with Gasteiger partial charge in [0.15, 0.2) is 0 Å². The van der Waals surface area contributed by atoms with E-state index in [0.717, 1.165) is 19.6 Å². The van der Waals surface area contributed by atoms with Crippen molar-refractivity contribution < 1.29 is 9.53 Å². The Bertz CT molecular complexity index is 449. The molecule has 1 aromatic rings. The van der Waals surface area contributed by atoms with E-state index in [2.05, 4.69) is 29.2 Å². The number of hydrogen-bond acceptors (Lipinski definition) is 3. The Kier molecular flexibility index (Phi) is 3.53. The lowest BCUT2D eigenvalue weighted by atomic mass is 10.1. The number of ether oxygens (including phenoxy) is 1. The van der Waals surface area contributed by atoms with Crippen LogP contribution in [0.4, 0.5) is 0 Å². The molecule has 2 saturated heterocycles. The second-order valence-electron chi connectivity index (χ2n) is 5.52. The Hall–Kier alpha value is -1.39. The highest BCUT2D eigenvalue weighted by molar-refractivity contribution is 5.79. The second-order valence-corrected chi connectivity index (χ2v) is 5.52. The number of carbonyl (C=O) groups is 1. The highest BCUT2D eigenvalue weighted by Crippen LogP contribution is 2.20. The molecule has 2 atom stereocenters. The van der Waals surface area contributed by atoms with Gasteiger partial charge in [-0.25, -0.2) is 0 Å². The normalized spacial score (nSPS) is 28.3. The fourth-order valence-electron chi connectivity index (χ4n) is 2.96. The third-order valence-electron chi connectivity index (χ3n) is 4.07. The fraction of sp³-hybridized carbons (Fsp3) is 0.533. The number of rotatable bonds is 2. The van der Waals surface area contributed by atoms with Gasteiger partial charge in [-0.05, 0) is 5.56 Å². The van der Waals surface area contributed by atoms with Crippen molar-refractivity contribution in [3.63, 3.8) is 0 Å². The average molecular weight is 260 g/mol. The van der Waals surface area contributed by atoms with Crippen LogP contribution in [-0.2, 0) is 16.1 Å². The maximum atomic E-state index is 12.2. The van der Waals surface area contributed by atoms with Crippen molar-refractivity contribution in [2.75, 3.05) is 33.4 Å². The molecule has 4 nitrogen and oxygen atoms in total. The van der Waals surface area contributed by atoms with E-state index in [1.807, 2.05) is 18.0 Å². The fourth-order valence-corrected chi connectivity index (χ4v) is 2.96. The summed E-state index contributed by atoms with van der Waals surface area (Å²) in [6.45, 7) is 3.83. The number of carbonyl (C=O) groups excluding carboxylic acids is 1. The molecule has 2 fully saturated rings. The van der Waals surface area contributed by atoms with E-state index < -0.39 is 0 Å². The molecule has 2 bridgehead atoms. The molecule has 4 heteroatoms. The molecule has 1 amide bonds. The molecule has 2 aliphatic heterocycles. The van der Waals surface area contributed by atoms with Gasteiger partial charge in [0.05, 0.1) is 25.2 Å². The maximum Gasteiger partial charge on any atom is 0.229 e.